The number of hydrogen-bond donors (Lipinski definition) is 3. The summed E-state index contributed by atoms with van der Waals surface area (Å²) in [6, 6.07) is 10.2. The minimum absolute atomic E-state index is 0.0569. The van der Waals surface area contributed by atoms with Crippen LogP contribution in [-0.2, 0) is 19.1 Å². The maximum atomic E-state index is 14.4. The molecule has 9 nitrogen and oxygen atoms in total. The molecule has 9 heteroatoms. The van der Waals surface area contributed by atoms with Gasteiger partial charge in [-0.2, -0.15) is 0 Å². The summed E-state index contributed by atoms with van der Waals surface area (Å²) >= 11 is 0. The molecule has 0 aromatic heterocycles. The summed E-state index contributed by atoms with van der Waals surface area (Å²) in [5, 5.41) is 5.66. The molecule has 0 spiro atoms. The second kappa shape index (κ2) is 13.4. The van der Waals surface area contributed by atoms with Crippen LogP contribution in [0.4, 0.5) is 10.5 Å². The van der Waals surface area contributed by atoms with Crippen molar-refractivity contribution in [3.05, 3.63) is 64.7 Å². The second-order valence-electron chi connectivity index (χ2n) is 11.4. The zero-order valence-corrected chi connectivity index (χ0v) is 24.5. The van der Waals surface area contributed by atoms with E-state index in [1.165, 1.54) is 4.90 Å². The number of carbonyl (C=O) groups excluding carboxylic acids is 4. The molecule has 1 aliphatic carbocycles. The van der Waals surface area contributed by atoms with Gasteiger partial charge in [-0.25, -0.2) is 4.79 Å². The zero-order valence-electron chi connectivity index (χ0n) is 24.5. The van der Waals surface area contributed by atoms with E-state index in [2.05, 4.69) is 16.6 Å². The van der Waals surface area contributed by atoms with Crippen molar-refractivity contribution in [3.63, 3.8) is 0 Å². The molecular formula is C32H40N4O5. The summed E-state index contributed by atoms with van der Waals surface area (Å²) in [7, 11) is 0. The Morgan fingerprint density at radius 2 is 1.71 bits per heavy atom. The maximum absolute atomic E-state index is 14.4. The fraction of sp³-hybridized carbons (Fsp3) is 0.438. The highest BCUT2D eigenvalue weighted by Crippen LogP contribution is 2.36. The lowest BCUT2D eigenvalue weighted by Crippen LogP contribution is -2.57. The molecule has 1 saturated carbocycles. The third kappa shape index (κ3) is 8.10. The molecule has 218 valence electrons. The molecule has 2 aromatic carbocycles. The number of primary amides is 1. The van der Waals surface area contributed by atoms with Gasteiger partial charge in [0.25, 0.3) is 5.91 Å². The lowest BCUT2D eigenvalue weighted by molar-refractivity contribution is -0.146. The van der Waals surface area contributed by atoms with Crippen LogP contribution in [0.5, 0.6) is 0 Å². The molecule has 0 radical (unpaired) electrons. The summed E-state index contributed by atoms with van der Waals surface area (Å²) in [5.74, 6) is 1.07. The molecule has 4 amide bonds. The smallest absolute Gasteiger partial charge is 0.408 e. The van der Waals surface area contributed by atoms with E-state index in [0.717, 1.165) is 17.5 Å². The number of anilines is 1. The van der Waals surface area contributed by atoms with Crippen molar-refractivity contribution in [3.8, 4) is 12.3 Å². The lowest BCUT2D eigenvalue weighted by atomic mass is 9.87. The molecule has 41 heavy (non-hydrogen) atoms. The van der Waals surface area contributed by atoms with Gasteiger partial charge < -0.3 is 26.0 Å². The summed E-state index contributed by atoms with van der Waals surface area (Å²) in [6.07, 6.45) is 7.05. The van der Waals surface area contributed by atoms with E-state index in [9.17, 15) is 19.2 Å². The predicted octanol–water partition coefficient (Wildman–Crippen LogP) is 4.50. The van der Waals surface area contributed by atoms with Gasteiger partial charge >= 0.3 is 6.09 Å². The first-order valence-electron chi connectivity index (χ1n) is 13.8. The molecular weight excluding hydrogens is 520 g/mol. The number of nitrogens with two attached hydrogens (primary N) is 1. The summed E-state index contributed by atoms with van der Waals surface area (Å²) < 4.78 is 5.40. The fourth-order valence-corrected chi connectivity index (χ4v) is 4.84. The van der Waals surface area contributed by atoms with Gasteiger partial charge in [0.2, 0.25) is 11.8 Å². The van der Waals surface area contributed by atoms with Crippen molar-refractivity contribution in [2.45, 2.75) is 90.4 Å². The number of ether oxygens (including phenoxy) is 1. The second-order valence-corrected chi connectivity index (χ2v) is 11.4. The number of terminal acetylenes is 1. The van der Waals surface area contributed by atoms with E-state index in [4.69, 9.17) is 16.9 Å². The third-order valence-electron chi connectivity index (χ3n) is 7.06. The average molecular weight is 561 g/mol. The van der Waals surface area contributed by atoms with E-state index in [1.807, 2.05) is 32.0 Å². The minimum Gasteiger partial charge on any atom is -0.444 e. The fourth-order valence-electron chi connectivity index (χ4n) is 4.84. The highest BCUT2D eigenvalue weighted by molar-refractivity contribution is 6.00. The van der Waals surface area contributed by atoms with Crippen LogP contribution in [0.1, 0.15) is 81.2 Å². The van der Waals surface area contributed by atoms with Crippen LogP contribution in [-0.4, -0.2) is 46.4 Å². The van der Waals surface area contributed by atoms with E-state index >= 15 is 0 Å². The van der Waals surface area contributed by atoms with E-state index in [-0.39, 0.29) is 18.9 Å². The molecule has 2 unspecified atom stereocenters. The number of hydrogen-bond acceptors (Lipinski definition) is 5. The van der Waals surface area contributed by atoms with Crippen LogP contribution >= 0.6 is 0 Å². The van der Waals surface area contributed by atoms with Gasteiger partial charge in [0.15, 0.2) is 0 Å². The topological polar surface area (TPSA) is 131 Å². The predicted molar refractivity (Wildman–Crippen MR) is 158 cm³/mol. The Kier molecular flexibility index (Phi) is 10.2. The first-order chi connectivity index (χ1) is 19.3. The van der Waals surface area contributed by atoms with Crippen molar-refractivity contribution >= 4 is 29.5 Å². The molecule has 2 atom stereocenters. The van der Waals surface area contributed by atoms with Gasteiger partial charge in [-0.05, 0) is 83.1 Å². The van der Waals surface area contributed by atoms with Gasteiger partial charge in [0.1, 0.15) is 17.7 Å². The summed E-state index contributed by atoms with van der Waals surface area (Å²) in [4.78, 5) is 54.6. The van der Waals surface area contributed by atoms with Gasteiger partial charge in [-0.3, -0.25) is 14.4 Å². The largest absolute Gasteiger partial charge is 0.444 e. The van der Waals surface area contributed by atoms with Crippen LogP contribution in [0, 0.1) is 26.2 Å². The van der Waals surface area contributed by atoms with Gasteiger partial charge in [-0.1, -0.05) is 42.3 Å². The number of alkyl carbamates (subject to hydrolysis) is 1. The quantitative estimate of drug-likeness (QED) is 0.368. The first-order valence-corrected chi connectivity index (χ1v) is 13.8. The molecule has 1 fully saturated rings. The van der Waals surface area contributed by atoms with Gasteiger partial charge in [-0.15, -0.1) is 6.42 Å². The molecule has 1 aliphatic rings. The number of aryl methyl sites for hydroxylation is 2. The molecule has 3 rings (SSSR count). The van der Waals surface area contributed by atoms with Gasteiger partial charge in [0, 0.05) is 23.7 Å². The standard InChI is InChI=1S/C32H40N4O5/c1-7-22-14-8-9-17-24(22)28(29(38)35-27-20(2)12-10-13-21(27)3)36(23-15-11-16-23)30(39)25(18-19-26(33)37)34-31(40)41-32(4,5)6/h1,8-10,12-14,17,23,25,28H,11,15-16,18-19H2,2-6H3,(H2,33,37)(H,34,40)(H,35,38). The number of nitrogens with zero attached hydrogens (tertiary/aromatic N) is 1. The van der Waals surface area contributed by atoms with Crippen molar-refractivity contribution in [1.29, 1.82) is 0 Å². The average Bonchev–Trinajstić information content (AvgIpc) is 2.86. The number of nitrogens with one attached hydrogen (secondary N) is 2. The van der Waals surface area contributed by atoms with Crippen molar-refractivity contribution in [2.24, 2.45) is 5.73 Å². The van der Waals surface area contributed by atoms with Crippen LogP contribution in [0.25, 0.3) is 0 Å². The van der Waals surface area contributed by atoms with E-state index in [1.54, 1.807) is 45.0 Å². The van der Waals surface area contributed by atoms with Crippen molar-refractivity contribution in [2.75, 3.05) is 5.32 Å². The minimum atomic E-state index is -1.16. The lowest BCUT2D eigenvalue weighted by Gasteiger charge is -2.44. The Morgan fingerprint density at radius 3 is 2.24 bits per heavy atom. The molecule has 4 N–H and O–H groups in total. The normalized spacial score (nSPS) is 14.5. The Bertz CT molecular complexity index is 1320. The number of amides is 4. The van der Waals surface area contributed by atoms with Crippen LogP contribution < -0.4 is 16.4 Å². The summed E-state index contributed by atoms with van der Waals surface area (Å²) in [6.45, 7) is 8.91. The Morgan fingerprint density at radius 1 is 1.07 bits per heavy atom. The zero-order chi connectivity index (χ0) is 30.3. The van der Waals surface area contributed by atoms with E-state index in [0.29, 0.717) is 29.7 Å². The Balaban J connectivity index is 2.10. The maximum Gasteiger partial charge on any atom is 0.408 e. The number of rotatable bonds is 10. The van der Waals surface area contributed by atoms with Crippen LogP contribution in [0.3, 0.4) is 0 Å². The first kappa shape index (κ1) is 31.2. The van der Waals surface area contributed by atoms with Crippen LogP contribution in [0.2, 0.25) is 0 Å². The van der Waals surface area contributed by atoms with Gasteiger partial charge in [0.05, 0.1) is 0 Å². The third-order valence-corrected chi connectivity index (χ3v) is 7.06. The molecule has 2 aromatic rings. The molecule has 0 bridgehead atoms. The summed E-state index contributed by atoms with van der Waals surface area (Å²) in [5.41, 5.74) is 7.95. The SMILES string of the molecule is C#Cc1ccccc1C(C(=O)Nc1c(C)cccc1C)N(C(=O)C(CCC(N)=O)NC(=O)OC(C)(C)C)C1CCC1. The van der Waals surface area contributed by atoms with Crippen molar-refractivity contribution < 1.29 is 23.9 Å². The number of para-hydroxylation sites is 1. The number of benzene rings is 2. The highest BCUT2D eigenvalue weighted by atomic mass is 16.6. The van der Waals surface area contributed by atoms with Crippen LogP contribution in [0.15, 0.2) is 42.5 Å². The highest BCUT2D eigenvalue weighted by Gasteiger charge is 2.42. The Labute approximate surface area is 242 Å². The number of carbonyl (C=O) groups is 4. The molecule has 0 aliphatic heterocycles. The molecule has 0 saturated heterocycles. The monoisotopic (exact) mass is 560 g/mol. The van der Waals surface area contributed by atoms with E-state index < -0.39 is 41.5 Å². The molecule has 0 heterocycles. The van der Waals surface area contributed by atoms with Crippen molar-refractivity contribution in [1.82, 2.24) is 10.2 Å². The Hall–Kier alpha value is -4.32.